The van der Waals surface area contributed by atoms with Crippen LogP contribution in [-0.4, -0.2) is 83.1 Å². The van der Waals surface area contributed by atoms with Crippen LogP contribution in [0.3, 0.4) is 0 Å². The van der Waals surface area contributed by atoms with Crippen molar-refractivity contribution >= 4 is 81.1 Å². The Kier molecular flexibility index (Phi) is 9.08. The van der Waals surface area contributed by atoms with E-state index in [9.17, 15) is 29.4 Å². The van der Waals surface area contributed by atoms with E-state index in [1.165, 1.54) is 48.8 Å². The fourth-order valence-electron chi connectivity index (χ4n) is 4.41. The van der Waals surface area contributed by atoms with E-state index in [-0.39, 0.29) is 33.8 Å². The number of para-hydroxylation sites is 1. The van der Waals surface area contributed by atoms with Crippen molar-refractivity contribution in [2.75, 3.05) is 28.7 Å². The van der Waals surface area contributed by atoms with Gasteiger partial charge >= 0.3 is 17.1 Å². The molecule has 19 heteroatoms. The smallest absolute Gasteiger partial charge is 0.352 e. The third kappa shape index (κ3) is 6.42. The van der Waals surface area contributed by atoms with Crippen molar-refractivity contribution in [2.45, 2.75) is 36.0 Å². The van der Waals surface area contributed by atoms with Crippen molar-refractivity contribution in [3.8, 4) is 5.69 Å². The number of fused-ring (bicyclic) bond motifs is 1. The largest absolute Gasteiger partial charge is 0.478 e. The molecule has 2 aliphatic heterocycles. The first-order chi connectivity index (χ1) is 21.8. The molecule has 1 fully saturated rings. The Morgan fingerprint density at radius 3 is 2.54 bits per heavy atom. The van der Waals surface area contributed by atoms with E-state index in [0.717, 1.165) is 21.9 Å². The van der Waals surface area contributed by atoms with Crippen LogP contribution in [0.25, 0.3) is 5.69 Å². The number of carboxylic acid groups (broad SMARTS) is 2. The molecule has 4 heterocycles. The SMILES string of the molecule is CC(C)(O/N=C(/C(=O)N[C@@H]1C(=O)N2C(C(=O)O)=C(CSc3nc(N)cc(N)[n+]3-c3ccccc3)CS[C@H]12)c1csc(N)n1)C(=O)O. The number of amides is 2. The minimum atomic E-state index is -1.78. The van der Waals surface area contributed by atoms with E-state index in [2.05, 4.69) is 20.4 Å². The highest BCUT2D eigenvalue weighted by molar-refractivity contribution is 8.01. The molecule has 240 valence electrons. The molecule has 2 atom stereocenters. The van der Waals surface area contributed by atoms with Crippen LogP contribution in [-0.2, 0) is 24.0 Å². The molecule has 5 rings (SSSR count). The second kappa shape index (κ2) is 12.9. The maximum absolute atomic E-state index is 13.3. The van der Waals surface area contributed by atoms with Crippen LogP contribution < -0.4 is 27.1 Å². The van der Waals surface area contributed by atoms with Gasteiger partial charge in [0.1, 0.15) is 28.5 Å². The summed E-state index contributed by atoms with van der Waals surface area (Å²) in [6.45, 7) is 2.48. The van der Waals surface area contributed by atoms with Crippen molar-refractivity contribution in [1.82, 2.24) is 20.2 Å². The highest BCUT2D eigenvalue weighted by Gasteiger charge is 2.54. The van der Waals surface area contributed by atoms with Crippen LogP contribution in [0.15, 0.2) is 63.4 Å². The monoisotopic (exact) mass is 686 g/mol. The van der Waals surface area contributed by atoms with Gasteiger partial charge < -0.3 is 37.6 Å². The van der Waals surface area contributed by atoms with Crippen molar-refractivity contribution in [3.63, 3.8) is 0 Å². The van der Waals surface area contributed by atoms with E-state index in [1.807, 2.05) is 30.3 Å². The molecule has 9 N–H and O–H groups in total. The molecular weight excluding hydrogens is 659 g/mol. The molecule has 2 aliphatic rings. The van der Waals surface area contributed by atoms with Gasteiger partial charge in [-0.3, -0.25) is 14.5 Å². The second-order valence-electron chi connectivity index (χ2n) is 10.4. The van der Waals surface area contributed by atoms with Crippen molar-refractivity contribution < 1.29 is 38.8 Å². The molecule has 2 amide bonds. The quantitative estimate of drug-likeness (QED) is 0.0405. The molecule has 0 bridgehead atoms. The number of hydrogen-bond donors (Lipinski definition) is 6. The molecule has 0 unspecified atom stereocenters. The Balaban J connectivity index is 1.36. The van der Waals surface area contributed by atoms with Gasteiger partial charge in [0.15, 0.2) is 10.8 Å². The lowest BCUT2D eigenvalue weighted by Gasteiger charge is -2.49. The van der Waals surface area contributed by atoms with E-state index in [1.54, 1.807) is 4.57 Å². The van der Waals surface area contributed by atoms with Gasteiger partial charge in [-0.25, -0.2) is 14.6 Å². The number of oxime groups is 1. The number of nitrogens with one attached hydrogen (secondary N) is 1. The topological polar surface area (TPSA) is 253 Å². The van der Waals surface area contributed by atoms with Crippen LogP contribution in [0.5, 0.6) is 0 Å². The fraction of sp³-hybridized carbons (Fsp3) is 0.259. The second-order valence-corrected chi connectivity index (χ2v) is 13.3. The number of aliphatic carboxylic acids is 2. The number of anilines is 3. The number of carbonyl (C=O) groups excluding carboxylic acids is 2. The van der Waals surface area contributed by atoms with Gasteiger partial charge in [-0.1, -0.05) is 28.3 Å². The minimum absolute atomic E-state index is 0.00934. The zero-order valence-corrected chi connectivity index (χ0v) is 26.7. The van der Waals surface area contributed by atoms with Crippen molar-refractivity contribution in [2.24, 2.45) is 5.16 Å². The summed E-state index contributed by atoms with van der Waals surface area (Å²) in [5.41, 5.74) is 16.8. The summed E-state index contributed by atoms with van der Waals surface area (Å²) >= 11 is 3.50. The Morgan fingerprint density at radius 1 is 1.20 bits per heavy atom. The molecule has 46 heavy (non-hydrogen) atoms. The number of carboxylic acids is 2. The maximum atomic E-state index is 13.3. The zero-order valence-electron chi connectivity index (χ0n) is 24.2. The van der Waals surface area contributed by atoms with Gasteiger partial charge in [0.25, 0.3) is 11.8 Å². The number of carbonyl (C=O) groups is 4. The summed E-state index contributed by atoms with van der Waals surface area (Å²) in [4.78, 5) is 65.3. The molecule has 0 saturated carbocycles. The van der Waals surface area contributed by atoms with Crippen LogP contribution >= 0.6 is 34.9 Å². The molecule has 1 aromatic carbocycles. The molecular formula is C27H28N9O7S3+. The number of hydrogen-bond acceptors (Lipinski definition) is 14. The number of β-lactam (4-membered cyclic amide) rings is 1. The van der Waals surface area contributed by atoms with Gasteiger partial charge in [0.05, 0.1) is 6.07 Å². The van der Waals surface area contributed by atoms with Gasteiger partial charge in [-0.05, 0) is 43.3 Å². The summed E-state index contributed by atoms with van der Waals surface area (Å²) in [6.07, 6.45) is 0. The minimum Gasteiger partial charge on any atom is -0.478 e. The molecule has 0 spiro atoms. The number of aromatic nitrogens is 3. The highest BCUT2D eigenvalue weighted by atomic mass is 32.2. The number of thioether (sulfide) groups is 2. The Hall–Kier alpha value is -4.88. The number of rotatable bonds is 11. The molecule has 16 nitrogen and oxygen atoms in total. The van der Waals surface area contributed by atoms with Crippen LogP contribution in [0, 0.1) is 0 Å². The summed E-state index contributed by atoms with van der Waals surface area (Å²) in [5.74, 6) is -3.26. The van der Waals surface area contributed by atoms with Crippen molar-refractivity contribution in [1.29, 1.82) is 0 Å². The van der Waals surface area contributed by atoms with Gasteiger partial charge in [0, 0.05) is 16.9 Å². The number of nitrogens with zero attached hydrogens (tertiary/aromatic N) is 5. The summed E-state index contributed by atoms with van der Waals surface area (Å²) in [7, 11) is 0. The lowest BCUT2D eigenvalue weighted by Crippen LogP contribution is -2.71. The highest BCUT2D eigenvalue weighted by Crippen LogP contribution is 2.41. The van der Waals surface area contributed by atoms with Gasteiger partial charge in [0.2, 0.25) is 17.2 Å². The lowest BCUT2D eigenvalue weighted by molar-refractivity contribution is -0.626. The molecule has 2 aromatic heterocycles. The van der Waals surface area contributed by atoms with Crippen LogP contribution in [0.4, 0.5) is 16.8 Å². The third-order valence-electron chi connectivity index (χ3n) is 6.76. The first-order valence-corrected chi connectivity index (χ1v) is 16.3. The first-order valence-electron chi connectivity index (χ1n) is 13.4. The Labute approximate surface area is 273 Å². The Bertz CT molecular complexity index is 1800. The van der Waals surface area contributed by atoms with Crippen LogP contribution in [0.2, 0.25) is 0 Å². The average Bonchev–Trinajstić information content (AvgIpc) is 3.43. The number of nitrogens with two attached hydrogens (primary N) is 3. The molecule has 3 aromatic rings. The van der Waals surface area contributed by atoms with Crippen molar-refractivity contribution in [3.05, 3.63) is 58.7 Å². The maximum Gasteiger partial charge on any atom is 0.352 e. The van der Waals surface area contributed by atoms with E-state index in [0.29, 0.717) is 16.5 Å². The standard InChI is InChI=1S/C27H27N9O7S3/c1-27(2,24(41)42)43-34-17(14-11-45-25(30)31-14)20(37)33-18-21(38)36-19(23(39)40)12(9-44-22(18)36)10-46-26-32-15(28)8-16(29)35(26)13-6-4-3-5-7-13/h3-8,11,18,22H,9-10H2,1-2H3,(H8,28,29,30,31,33,37,39,40,41,42)/p+1/b34-17+/t18-,22-/m1/s1. The van der Waals surface area contributed by atoms with E-state index >= 15 is 0 Å². The molecule has 0 aliphatic carbocycles. The van der Waals surface area contributed by atoms with E-state index < -0.39 is 46.5 Å². The summed E-state index contributed by atoms with van der Waals surface area (Å²) in [5, 5.41) is 27.0. The van der Waals surface area contributed by atoms with Crippen LogP contribution in [0.1, 0.15) is 19.5 Å². The number of nitrogen functional groups attached to an aromatic ring is 3. The normalized spacial score (nSPS) is 18.1. The zero-order chi connectivity index (χ0) is 33.3. The molecule has 1 saturated heterocycles. The lowest BCUT2D eigenvalue weighted by atomic mass is 10.0. The number of benzene rings is 1. The number of thiazole rings is 1. The fourth-order valence-corrected chi connectivity index (χ4v) is 7.48. The Morgan fingerprint density at radius 2 is 1.91 bits per heavy atom. The first kappa shape index (κ1) is 32.5. The predicted molar refractivity (Wildman–Crippen MR) is 171 cm³/mol. The van der Waals surface area contributed by atoms with Gasteiger partial charge in [-0.15, -0.1) is 23.1 Å². The predicted octanol–water partition coefficient (Wildman–Crippen LogP) is 0.676. The molecule has 0 radical (unpaired) electrons. The third-order valence-corrected chi connectivity index (χ3v) is 9.79. The van der Waals surface area contributed by atoms with E-state index in [4.69, 9.17) is 22.0 Å². The summed E-state index contributed by atoms with van der Waals surface area (Å²) < 4.78 is 1.69. The van der Waals surface area contributed by atoms with Gasteiger partial charge in [-0.2, -0.15) is 4.57 Å². The summed E-state index contributed by atoms with van der Waals surface area (Å²) in [6, 6.07) is 9.63. The average molecular weight is 687 g/mol.